The third-order valence-corrected chi connectivity index (χ3v) is 5.91. The number of aromatic amines is 1. The maximum absolute atomic E-state index is 11.2. The van der Waals surface area contributed by atoms with Crippen LogP contribution in [-0.4, -0.2) is 33.1 Å². The fourth-order valence-electron chi connectivity index (χ4n) is 4.29. The van der Waals surface area contributed by atoms with Crippen LogP contribution in [0.25, 0.3) is 11.0 Å². The Morgan fingerprint density at radius 2 is 1.96 bits per heavy atom. The van der Waals surface area contributed by atoms with Crippen LogP contribution in [0.5, 0.6) is 0 Å². The summed E-state index contributed by atoms with van der Waals surface area (Å²) in [5.74, 6) is 0.434. The standard InChI is InChI=1S/C23H29N3O/c1-16(2)21-20(19-8-5-11-24-22(19)25-21)15-26-12-9-23(27,10-13-26)18-7-4-6-17(3)14-18/h4-8,11,14,16,27H,9-10,12-13,15H2,1-3H3,(H,24,25). The number of hydrogen-bond acceptors (Lipinski definition) is 3. The van der Waals surface area contributed by atoms with Crippen LogP contribution < -0.4 is 0 Å². The van der Waals surface area contributed by atoms with Gasteiger partial charge in [0.2, 0.25) is 0 Å². The number of rotatable bonds is 4. The van der Waals surface area contributed by atoms with Crippen molar-refractivity contribution in [3.63, 3.8) is 0 Å². The van der Waals surface area contributed by atoms with Crippen molar-refractivity contribution in [1.29, 1.82) is 0 Å². The van der Waals surface area contributed by atoms with Crippen LogP contribution in [0, 0.1) is 6.92 Å². The average molecular weight is 364 g/mol. The van der Waals surface area contributed by atoms with Crippen molar-refractivity contribution in [3.05, 3.63) is 65.0 Å². The molecule has 4 nitrogen and oxygen atoms in total. The summed E-state index contributed by atoms with van der Waals surface area (Å²) in [5.41, 5.74) is 5.17. The topological polar surface area (TPSA) is 52.1 Å². The van der Waals surface area contributed by atoms with E-state index in [-0.39, 0.29) is 0 Å². The van der Waals surface area contributed by atoms with E-state index in [1.165, 1.54) is 22.2 Å². The van der Waals surface area contributed by atoms with E-state index in [0.29, 0.717) is 5.92 Å². The molecule has 0 spiro atoms. The highest BCUT2D eigenvalue weighted by Crippen LogP contribution is 2.35. The highest BCUT2D eigenvalue weighted by atomic mass is 16.3. The zero-order valence-corrected chi connectivity index (χ0v) is 16.5. The van der Waals surface area contributed by atoms with Gasteiger partial charge in [-0.2, -0.15) is 0 Å². The number of nitrogens with one attached hydrogen (secondary N) is 1. The van der Waals surface area contributed by atoms with Crippen molar-refractivity contribution < 1.29 is 5.11 Å². The Morgan fingerprint density at radius 3 is 2.67 bits per heavy atom. The Hall–Kier alpha value is -2.17. The molecule has 2 aromatic heterocycles. The summed E-state index contributed by atoms with van der Waals surface area (Å²) in [7, 11) is 0. The number of hydrogen-bond donors (Lipinski definition) is 2. The number of aryl methyl sites for hydroxylation is 1. The van der Waals surface area contributed by atoms with Crippen LogP contribution in [-0.2, 0) is 12.1 Å². The lowest BCUT2D eigenvalue weighted by atomic mass is 9.83. The summed E-state index contributed by atoms with van der Waals surface area (Å²) >= 11 is 0. The van der Waals surface area contributed by atoms with E-state index in [9.17, 15) is 5.11 Å². The fraction of sp³-hybridized carbons (Fsp3) is 0.435. The molecule has 0 amide bonds. The van der Waals surface area contributed by atoms with E-state index < -0.39 is 5.60 Å². The lowest BCUT2D eigenvalue weighted by molar-refractivity contribution is -0.0277. The third kappa shape index (κ3) is 3.52. The molecule has 2 N–H and O–H groups in total. The highest BCUT2D eigenvalue weighted by Gasteiger charge is 2.34. The molecule has 1 fully saturated rings. The van der Waals surface area contributed by atoms with E-state index >= 15 is 0 Å². The molecule has 1 saturated heterocycles. The molecule has 1 aromatic carbocycles. The van der Waals surface area contributed by atoms with Gasteiger partial charge >= 0.3 is 0 Å². The Labute approximate surface area is 161 Å². The minimum absolute atomic E-state index is 0.434. The Bertz CT molecular complexity index is 936. The number of nitrogens with zero attached hydrogens (tertiary/aromatic N) is 2. The molecule has 0 unspecified atom stereocenters. The van der Waals surface area contributed by atoms with Crippen LogP contribution in [0.1, 0.15) is 55.0 Å². The van der Waals surface area contributed by atoms with Crippen molar-refractivity contribution >= 4 is 11.0 Å². The number of likely N-dealkylation sites (tertiary alicyclic amines) is 1. The van der Waals surface area contributed by atoms with Gasteiger partial charge in [-0.1, -0.05) is 43.7 Å². The minimum atomic E-state index is -0.703. The zero-order chi connectivity index (χ0) is 19.0. The number of fused-ring (bicyclic) bond motifs is 1. The van der Waals surface area contributed by atoms with Gasteiger partial charge in [-0.15, -0.1) is 0 Å². The maximum Gasteiger partial charge on any atom is 0.137 e. The summed E-state index contributed by atoms with van der Waals surface area (Å²) < 4.78 is 0. The number of H-pyrrole nitrogens is 1. The van der Waals surface area contributed by atoms with E-state index in [4.69, 9.17) is 0 Å². The predicted octanol–water partition coefficient (Wildman–Crippen LogP) is 4.48. The first kappa shape index (κ1) is 18.2. The third-order valence-electron chi connectivity index (χ3n) is 5.91. The van der Waals surface area contributed by atoms with Gasteiger partial charge in [-0.25, -0.2) is 4.98 Å². The second-order valence-corrected chi connectivity index (χ2v) is 8.25. The van der Waals surface area contributed by atoms with Gasteiger partial charge < -0.3 is 10.1 Å². The number of aliphatic hydroxyl groups is 1. The van der Waals surface area contributed by atoms with Gasteiger partial charge in [0.25, 0.3) is 0 Å². The fourth-order valence-corrected chi connectivity index (χ4v) is 4.29. The van der Waals surface area contributed by atoms with Crippen LogP contribution in [0.15, 0.2) is 42.6 Å². The zero-order valence-electron chi connectivity index (χ0n) is 16.5. The molecule has 3 heterocycles. The van der Waals surface area contributed by atoms with Crippen molar-refractivity contribution in [2.75, 3.05) is 13.1 Å². The van der Waals surface area contributed by atoms with Gasteiger partial charge in [0.05, 0.1) is 5.60 Å². The van der Waals surface area contributed by atoms with Gasteiger partial charge in [0.15, 0.2) is 0 Å². The largest absolute Gasteiger partial charge is 0.385 e. The number of aromatic nitrogens is 2. The number of piperidine rings is 1. The van der Waals surface area contributed by atoms with Crippen molar-refractivity contribution in [3.8, 4) is 0 Å². The molecule has 0 aliphatic carbocycles. The highest BCUT2D eigenvalue weighted by molar-refractivity contribution is 5.81. The lowest BCUT2D eigenvalue weighted by Gasteiger charge is -2.38. The molecule has 0 atom stereocenters. The van der Waals surface area contributed by atoms with Crippen molar-refractivity contribution in [1.82, 2.24) is 14.9 Å². The van der Waals surface area contributed by atoms with Crippen LogP contribution in [0.3, 0.4) is 0 Å². The molecule has 4 heteroatoms. The summed E-state index contributed by atoms with van der Waals surface area (Å²) in [6.45, 7) is 9.23. The van der Waals surface area contributed by atoms with E-state index in [2.05, 4.69) is 59.9 Å². The summed E-state index contributed by atoms with van der Waals surface area (Å²) in [5, 5.41) is 12.4. The van der Waals surface area contributed by atoms with Gasteiger partial charge in [0.1, 0.15) is 5.65 Å². The molecule has 27 heavy (non-hydrogen) atoms. The number of benzene rings is 1. The SMILES string of the molecule is Cc1cccc(C2(O)CCN(Cc3c(C(C)C)[nH]c4ncccc34)CC2)c1. The normalized spacial score (nSPS) is 17.7. The Morgan fingerprint density at radius 1 is 1.19 bits per heavy atom. The van der Waals surface area contributed by atoms with E-state index in [0.717, 1.165) is 43.7 Å². The molecule has 0 bridgehead atoms. The molecule has 1 aliphatic heterocycles. The molecule has 1 aliphatic rings. The predicted molar refractivity (Wildman–Crippen MR) is 110 cm³/mol. The second kappa shape index (κ2) is 7.10. The van der Waals surface area contributed by atoms with Crippen LogP contribution in [0.4, 0.5) is 0 Å². The summed E-state index contributed by atoms with van der Waals surface area (Å²) in [4.78, 5) is 10.5. The molecule has 3 aromatic rings. The van der Waals surface area contributed by atoms with Crippen LogP contribution in [0.2, 0.25) is 0 Å². The summed E-state index contributed by atoms with van der Waals surface area (Å²) in [6.07, 6.45) is 3.39. The Kier molecular flexibility index (Phi) is 4.79. The van der Waals surface area contributed by atoms with Gasteiger partial charge in [-0.3, -0.25) is 4.90 Å². The molecule has 142 valence electrons. The maximum atomic E-state index is 11.2. The monoisotopic (exact) mass is 363 g/mol. The van der Waals surface area contributed by atoms with Gasteiger partial charge in [0, 0.05) is 36.9 Å². The average Bonchev–Trinajstić information content (AvgIpc) is 3.03. The molecular weight excluding hydrogens is 334 g/mol. The second-order valence-electron chi connectivity index (χ2n) is 8.25. The smallest absolute Gasteiger partial charge is 0.137 e. The molecule has 0 radical (unpaired) electrons. The van der Waals surface area contributed by atoms with Crippen molar-refractivity contribution in [2.45, 2.75) is 51.7 Å². The first-order valence-corrected chi connectivity index (χ1v) is 9.93. The minimum Gasteiger partial charge on any atom is -0.385 e. The van der Waals surface area contributed by atoms with Gasteiger partial charge in [-0.05, 0) is 48.9 Å². The lowest BCUT2D eigenvalue weighted by Crippen LogP contribution is -2.42. The first-order chi connectivity index (χ1) is 13.0. The first-order valence-electron chi connectivity index (χ1n) is 9.93. The Balaban J connectivity index is 1.53. The molecular formula is C23H29N3O. The van der Waals surface area contributed by atoms with Crippen LogP contribution >= 0.6 is 0 Å². The van der Waals surface area contributed by atoms with E-state index in [1.54, 1.807) is 0 Å². The summed E-state index contributed by atoms with van der Waals surface area (Å²) in [6, 6.07) is 12.5. The quantitative estimate of drug-likeness (QED) is 0.719. The van der Waals surface area contributed by atoms with E-state index in [1.807, 2.05) is 18.3 Å². The van der Waals surface area contributed by atoms with Crippen molar-refractivity contribution in [2.24, 2.45) is 0 Å². The number of pyridine rings is 1. The molecule has 4 rings (SSSR count). The molecule has 0 saturated carbocycles.